The molecule has 1 amide bonds. The van der Waals surface area contributed by atoms with Crippen LogP contribution in [0.15, 0.2) is 0 Å². The molecule has 0 bridgehead atoms. The Bertz CT molecular complexity index is 277. The van der Waals surface area contributed by atoms with Crippen molar-refractivity contribution in [3.8, 4) is 0 Å². The molecule has 0 aliphatic rings. The van der Waals surface area contributed by atoms with Gasteiger partial charge >= 0.3 is 0 Å². The number of unbranched alkanes of at least 4 members (excludes halogenated alkanes) is 14. The van der Waals surface area contributed by atoms with Crippen LogP contribution in [0.4, 0.5) is 0 Å². The fourth-order valence-corrected chi connectivity index (χ4v) is 3.28. The molecule has 1 atom stereocenters. The molecule has 0 spiro atoms. The van der Waals surface area contributed by atoms with Crippen LogP contribution in [0.1, 0.15) is 123 Å². The van der Waals surface area contributed by atoms with E-state index >= 15 is 0 Å². The molecule has 25 heavy (non-hydrogen) atoms. The Hall–Kier alpha value is -0.570. The lowest BCUT2D eigenvalue weighted by Crippen LogP contribution is -2.39. The third-order valence-corrected chi connectivity index (χ3v) is 5.15. The minimum absolute atomic E-state index is 0.156. The highest BCUT2D eigenvalue weighted by Gasteiger charge is 2.07. The molecule has 0 saturated heterocycles. The van der Waals surface area contributed by atoms with Gasteiger partial charge in [0.25, 0.3) is 0 Å². The Morgan fingerprint density at radius 2 is 1.12 bits per heavy atom. The SMILES string of the molecule is CCCCCCCCCCCCCCCCCC(=O)NC(CC)CN. The van der Waals surface area contributed by atoms with Gasteiger partial charge in [-0.2, -0.15) is 0 Å². The minimum atomic E-state index is 0.156. The van der Waals surface area contributed by atoms with Crippen molar-refractivity contribution in [2.24, 2.45) is 5.73 Å². The molecule has 0 aromatic rings. The Kier molecular flexibility index (Phi) is 19.3. The molecule has 0 rings (SSSR count). The number of hydrogen-bond donors (Lipinski definition) is 2. The molecule has 0 fully saturated rings. The number of nitrogens with one attached hydrogen (secondary N) is 1. The van der Waals surface area contributed by atoms with Crippen molar-refractivity contribution in [1.29, 1.82) is 0 Å². The normalized spacial score (nSPS) is 12.3. The van der Waals surface area contributed by atoms with E-state index < -0.39 is 0 Å². The Balaban J connectivity index is 3.17. The fraction of sp³-hybridized carbons (Fsp3) is 0.955. The van der Waals surface area contributed by atoms with E-state index in [1.165, 1.54) is 89.9 Å². The highest BCUT2D eigenvalue weighted by Crippen LogP contribution is 2.13. The number of nitrogens with two attached hydrogens (primary N) is 1. The van der Waals surface area contributed by atoms with Crippen molar-refractivity contribution >= 4 is 5.91 Å². The molecule has 3 N–H and O–H groups in total. The van der Waals surface area contributed by atoms with Crippen LogP contribution in [-0.4, -0.2) is 18.5 Å². The van der Waals surface area contributed by atoms with Gasteiger partial charge in [-0.1, -0.05) is 104 Å². The molecule has 3 nitrogen and oxygen atoms in total. The van der Waals surface area contributed by atoms with E-state index in [1.54, 1.807) is 0 Å². The van der Waals surface area contributed by atoms with Crippen LogP contribution in [0.5, 0.6) is 0 Å². The summed E-state index contributed by atoms with van der Waals surface area (Å²) in [7, 11) is 0. The summed E-state index contributed by atoms with van der Waals surface area (Å²) in [6.45, 7) is 4.88. The van der Waals surface area contributed by atoms with Crippen LogP contribution in [-0.2, 0) is 4.79 Å². The van der Waals surface area contributed by atoms with E-state index in [2.05, 4.69) is 19.2 Å². The van der Waals surface area contributed by atoms with Gasteiger partial charge in [-0.15, -0.1) is 0 Å². The molecule has 0 aromatic heterocycles. The Labute approximate surface area is 157 Å². The lowest BCUT2D eigenvalue weighted by Gasteiger charge is -2.14. The second-order valence-electron chi connectivity index (χ2n) is 7.61. The summed E-state index contributed by atoms with van der Waals surface area (Å²) in [4.78, 5) is 11.7. The lowest BCUT2D eigenvalue weighted by molar-refractivity contribution is -0.121. The van der Waals surface area contributed by atoms with E-state index in [4.69, 9.17) is 5.73 Å². The van der Waals surface area contributed by atoms with Crippen molar-refractivity contribution in [3.63, 3.8) is 0 Å². The van der Waals surface area contributed by atoms with E-state index in [1.807, 2.05) is 0 Å². The van der Waals surface area contributed by atoms with E-state index in [9.17, 15) is 4.79 Å². The van der Waals surface area contributed by atoms with Crippen LogP contribution in [0.2, 0.25) is 0 Å². The summed E-state index contributed by atoms with van der Waals surface area (Å²) in [5.74, 6) is 0.173. The molecule has 0 heterocycles. The standard InChI is InChI=1S/C22H46N2O/c1-3-5-6-7-8-9-10-11-12-13-14-15-16-17-18-19-22(25)24-21(4-2)20-23/h21H,3-20,23H2,1-2H3,(H,24,25). The molecule has 0 aliphatic heterocycles. The summed E-state index contributed by atoms with van der Waals surface area (Å²) >= 11 is 0. The van der Waals surface area contributed by atoms with Gasteiger partial charge in [0, 0.05) is 19.0 Å². The van der Waals surface area contributed by atoms with Crippen molar-refractivity contribution in [2.45, 2.75) is 129 Å². The average molecular weight is 355 g/mol. The van der Waals surface area contributed by atoms with E-state index in [0.717, 1.165) is 12.8 Å². The summed E-state index contributed by atoms with van der Waals surface area (Å²) in [5, 5.41) is 3.00. The zero-order valence-corrected chi connectivity index (χ0v) is 17.3. The van der Waals surface area contributed by atoms with Crippen molar-refractivity contribution in [1.82, 2.24) is 5.32 Å². The van der Waals surface area contributed by atoms with Gasteiger partial charge in [-0.3, -0.25) is 4.79 Å². The van der Waals surface area contributed by atoms with Crippen molar-refractivity contribution < 1.29 is 4.79 Å². The first-order valence-corrected chi connectivity index (χ1v) is 11.2. The van der Waals surface area contributed by atoms with E-state index in [-0.39, 0.29) is 11.9 Å². The van der Waals surface area contributed by atoms with Gasteiger partial charge in [0.2, 0.25) is 5.91 Å². The van der Waals surface area contributed by atoms with Crippen LogP contribution >= 0.6 is 0 Å². The molecule has 0 aliphatic carbocycles. The fourth-order valence-electron chi connectivity index (χ4n) is 3.28. The van der Waals surface area contributed by atoms with Gasteiger partial charge in [0.05, 0.1) is 0 Å². The second kappa shape index (κ2) is 19.8. The quantitative estimate of drug-likeness (QED) is 0.275. The third-order valence-electron chi connectivity index (χ3n) is 5.15. The maximum Gasteiger partial charge on any atom is 0.220 e. The summed E-state index contributed by atoms with van der Waals surface area (Å²) < 4.78 is 0. The molecule has 0 saturated carbocycles. The first kappa shape index (κ1) is 24.4. The first-order chi connectivity index (χ1) is 12.2. The molecule has 0 radical (unpaired) electrons. The molecular weight excluding hydrogens is 308 g/mol. The predicted molar refractivity (Wildman–Crippen MR) is 111 cm³/mol. The van der Waals surface area contributed by atoms with Gasteiger partial charge in [0.15, 0.2) is 0 Å². The van der Waals surface area contributed by atoms with Gasteiger partial charge in [0.1, 0.15) is 0 Å². The van der Waals surface area contributed by atoms with Crippen LogP contribution < -0.4 is 11.1 Å². The molecule has 1 unspecified atom stereocenters. The molecule has 0 aromatic carbocycles. The van der Waals surface area contributed by atoms with Gasteiger partial charge < -0.3 is 11.1 Å². The maximum atomic E-state index is 11.7. The zero-order chi connectivity index (χ0) is 18.6. The van der Waals surface area contributed by atoms with Crippen LogP contribution in [0.25, 0.3) is 0 Å². The molecule has 150 valence electrons. The molecular formula is C22H46N2O. The smallest absolute Gasteiger partial charge is 0.220 e. The Morgan fingerprint density at radius 3 is 1.48 bits per heavy atom. The number of rotatable bonds is 19. The van der Waals surface area contributed by atoms with Gasteiger partial charge in [-0.05, 0) is 12.8 Å². The number of hydrogen-bond acceptors (Lipinski definition) is 2. The number of carbonyl (C=O) groups is 1. The summed E-state index contributed by atoms with van der Waals surface area (Å²) in [6.07, 6.45) is 21.9. The maximum absolute atomic E-state index is 11.7. The average Bonchev–Trinajstić information content (AvgIpc) is 2.62. The monoisotopic (exact) mass is 354 g/mol. The molecule has 3 heteroatoms. The summed E-state index contributed by atoms with van der Waals surface area (Å²) in [6, 6.07) is 0.156. The summed E-state index contributed by atoms with van der Waals surface area (Å²) in [5.41, 5.74) is 5.60. The van der Waals surface area contributed by atoms with Crippen molar-refractivity contribution in [3.05, 3.63) is 0 Å². The predicted octanol–water partition coefficient (Wildman–Crippen LogP) is 6.10. The first-order valence-electron chi connectivity index (χ1n) is 11.2. The zero-order valence-electron chi connectivity index (χ0n) is 17.3. The van der Waals surface area contributed by atoms with Crippen LogP contribution in [0.3, 0.4) is 0 Å². The van der Waals surface area contributed by atoms with Crippen molar-refractivity contribution in [2.75, 3.05) is 6.54 Å². The van der Waals surface area contributed by atoms with E-state index in [0.29, 0.717) is 13.0 Å². The largest absolute Gasteiger partial charge is 0.352 e. The second-order valence-corrected chi connectivity index (χ2v) is 7.61. The third kappa shape index (κ3) is 18.0. The minimum Gasteiger partial charge on any atom is -0.352 e. The van der Waals surface area contributed by atoms with Gasteiger partial charge in [-0.25, -0.2) is 0 Å². The highest BCUT2D eigenvalue weighted by molar-refractivity contribution is 5.76. The number of amides is 1. The number of carbonyl (C=O) groups excluding carboxylic acids is 1. The van der Waals surface area contributed by atoms with Crippen LogP contribution in [0, 0.1) is 0 Å². The lowest BCUT2D eigenvalue weighted by atomic mass is 10.0. The Morgan fingerprint density at radius 1 is 0.720 bits per heavy atom. The topological polar surface area (TPSA) is 55.1 Å². The highest BCUT2D eigenvalue weighted by atomic mass is 16.1.